The van der Waals surface area contributed by atoms with Gasteiger partial charge in [0.25, 0.3) is 5.91 Å². The van der Waals surface area contributed by atoms with Gasteiger partial charge in [-0.05, 0) is 76.3 Å². The number of esters is 1. The maximum absolute atomic E-state index is 14.2. The van der Waals surface area contributed by atoms with Gasteiger partial charge in [-0.25, -0.2) is 10.4 Å². The fraction of sp³-hybridized carbons (Fsp3) is 0.568. The zero-order valence-electron chi connectivity index (χ0n) is 35.4. The van der Waals surface area contributed by atoms with E-state index < -0.39 is 28.5 Å². The third kappa shape index (κ3) is 8.20. The van der Waals surface area contributed by atoms with Gasteiger partial charge in [0.05, 0.1) is 46.7 Å². The van der Waals surface area contributed by atoms with Crippen LogP contribution in [-0.4, -0.2) is 118 Å². The molecule has 3 radical (unpaired) electrons. The van der Waals surface area contributed by atoms with Crippen LogP contribution < -0.4 is 15.6 Å². The number of aromatic nitrogens is 3. The Morgan fingerprint density at radius 1 is 1.17 bits per heavy atom. The van der Waals surface area contributed by atoms with E-state index in [0.29, 0.717) is 32.2 Å². The molecule has 1 unspecified atom stereocenters. The Labute approximate surface area is 354 Å². The second-order valence-corrected chi connectivity index (χ2v) is 19.6. The Bertz CT molecular complexity index is 2250. The quantitative estimate of drug-likeness (QED) is 0.186. The highest BCUT2D eigenvalue weighted by molar-refractivity contribution is 7.10. The Morgan fingerprint density at radius 2 is 1.93 bits per heavy atom. The first-order valence-electron chi connectivity index (χ1n) is 21.1. The number of amides is 2. The zero-order valence-corrected chi connectivity index (χ0v) is 37.2. The maximum Gasteiger partial charge on any atom is 0.324 e. The summed E-state index contributed by atoms with van der Waals surface area (Å²) < 4.78 is 14.5. The van der Waals surface area contributed by atoms with Gasteiger partial charge in [0.15, 0.2) is 0 Å². The van der Waals surface area contributed by atoms with Gasteiger partial charge in [-0.1, -0.05) is 26.8 Å². The van der Waals surface area contributed by atoms with E-state index in [0.717, 1.165) is 88.1 Å². The molecule has 1 aliphatic carbocycles. The predicted molar refractivity (Wildman–Crippen MR) is 231 cm³/mol. The van der Waals surface area contributed by atoms with Gasteiger partial charge < -0.3 is 29.2 Å². The van der Waals surface area contributed by atoms with Crippen molar-refractivity contribution in [2.75, 3.05) is 58.4 Å². The molecule has 4 aliphatic rings. The van der Waals surface area contributed by atoms with E-state index >= 15 is 0 Å². The largest absolute Gasteiger partial charge is 0.464 e. The molecule has 2 amide bonds. The van der Waals surface area contributed by atoms with Crippen LogP contribution in [0.3, 0.4) is 0 Å². The van der Waals surface area contributed by atoms with Gasteiger partial charge in [-0.2, -0.15) is 0 Å². The van der Waals surface area contributed by atoms with Crippen LogP contribution >= 0.6 is 11.3 Å². The molecule has 3 aliphatic heterocycles. The van der Waals surface area contributed by atoms with Crippen molar-refractivity contribution in [3.63, 3.8) is 0 Å². The molecule has 3 aromatic heterocycles. The smallest absolute Gasteiger partial charge is 0.324 e. The molecule has 15 heteroatoms. The molecule has 1 aromatic carbocycles. The number of hydrogen-bond acceptors (Lipinski definition) is 11. The average molecular weight is 838 g/mol. The standard InChI is InChI=1S/C44H57N8O5SSi/c1-8-51-36-12-11-28-18-30(36)32(39(51)31-19-29(23-45-38(31)27(3)56-7)50-16-14-49(6)15-17-50)22-43(4,5)25-57-41(54)33-10-9-13-52(48-33)40(53)34(20-37-46-35(28)24-58-37)47-42(55)44(59)21-26(44)2/h11-12,18-19,23-24,26-27,33-34,48H,8-10,13-17,20-22,25H2,1-7H3,(H,47,55)/t26-,27-,33-,34-,44?/m0/s1. The van der Waals surface area contributed by atoms with Crippen LogP contribution in [0.15, 0.2) is 35.8 Å². The maximum atomic E-state index is 14.2. The minimum absolute atomic E-state index is 0.159. The summed E-state index contributed by atoms with van der Waals surface area (Å²) in [5, 5.41) is 7.71. The number of methoxy groups -OCH3 is 1. The van der Waals surface area contributed by atoms with Crippen LogP contribution in [0.2, 0.25) is 5.04 Å². The zero-order chi connectivity index (χ0) is 41.8. The van der Waals surface area contributed by atoms with Crippen molar-refractivity contribution >= 4 is 56.0 Å². The highest BCUT2D eigenvalue weighted by Gasteiger charge is 2.53. The molecule has 5 atom stereocenters. The van der Waals surface area contributed by atoms with Crippen molar-refractivity contribution in [1.29, 1.82) is 0 Å². The van der Waals surface area contributed by atoms with Gasteiger partial charge in [-0.15, -0.1) is 11.3 Å². The molecule has 1 saturated carbocycles. The van der Waals surface area contributed by atoms with Gasteiger partial charge in [-0.3, -0.25) is 24.4 Å². The third-order valence-corrected chi connectivity index (χ3v) is 14.6. The molecule has 313 valence electrons. The summed E-state index contributed by atoms with van der Waals surface area (Å²) in [5.74, 6) is -0.751. The molecular weight excluding hydrogens is 781 g/mol. The number of cyclic esters (lactones) is 1. The van der Waals surface area contributed by atoms with Crippen molar-refractivity contribution in [3.8, 4) is 22.5 Å². The normalized spacial score (nSPS) is 25.7. The average Bonchev–Trinajstić information content (AvgIpc) is 3.50. The van der Waals surface area contributed by atoms with Crippen molar-refractivity contribution in [1.82, 2.24) is 35.2 Å². The van der Waals surface area contributed by atoms with E-state index in [1.54, 1.807) is 7.11 Å². The highest BCUT2D eigenvalue weighted by atomic mass is 32.1. The summed E-state index contributed by atoms with van der Waals surface area (Å²) in [6, 6.07) is 7.25. The molecule has 59 heavy (non-hydrogen) atoms. The molecule has 6 heterocycles. The van der Waals surface area contributed by atoms with Gasteiger partial charge in [0.1, 0.15) is 12.1 Å². The molecule has 0 spiro atoms. The lowest BCUT2D eigenvalue weighted by Crippen LogP contribution is -2.60. The number of nitrogens with zero attached hydrogens (tertiary/aromatic N) is 6. The number of rotatable bonds is 7. The number of nitrogens with one attached hydrogen (secondary N) is 2. The number of benzene rings is 1. The first-order chi connectivity index (χ1) is 28.2. The number of ether oxygens (including phenoxy) is 2. The Kier molecular flexibility index (Phi) is 11.5. The van der Waals surface area contributed by atoms with Crippen molar-refractivity contribution < 1.29 is 23.9 Å². The highest BCUT2D eigenvalue weighted by Crippen LogP contribution is 2.57. The first kappa shape index (κ1) is 41.6. The summed E-state index contributed by atoms with van der Waals surface area (Å²) in [6.07, 6.45) is 4.41. The van der Waals surface area contributed by atoms with Crippen molar-refractivity contribution in [2.45, 2.75) is 96.5 Å². The van der Waals surface area contributed by atoms with E-state index in [9.17, 15) is 14.4 Å². The minimum Gasteiger partial charge on any atom is -0.464 e. The molecule has 6 bridgehead atoms. The second kappa shape index (κ2) is 16.4. The third-order valence-electron chi connectivity index (χ3n) is 12.8. The number of hydrogen-bond donors (Lipinski definition) is 2. The fourth-order valence-electron chi connectivity index (χ4n) is 8.87. The summed E-state index contributed by atoms with van der Waals surface area (Å²) in [7, 11) is 7.58. The molecule has 8 rings (SSSR count). The van der Waals surface area contributed by atoms with Gasteiger partial charge in [0, 0.05) is 101 Å². The number of hydrazine groups is 1. The van der Waals surface area contributed by atoms with E-state index in [4.69, 9.17) is 19.4 Å². The second-order valence-electron chi connectivity index (χ2n) is 17.8. The number of carbonyl (C=O) groups is 3. The number of piperazine rings is 1. The van der Waals surface area contributed by atoms with Crippen LogP contribution in [0.4, 0.5) is 5.69 Å². The first-order valence-corrected chi connectivity index (χ1v) is 22.4. The number of aryl methyl sites for hydroxylation is 1. The Hall–Kier alpha value is -4.15. The molecule has 4 aromatic rings. The summed E-state index contributed by atoms with van der Waals surface area (Å²) in [4.78, 5) is 56.5. The van der Waals surface area contributed by atoms with Gasteiger partial charge in [0.2, 0.25) is 5.91 Å². The van der Waals surface area contributed by atoms with Crippen LogP contribution in [0, 0.1) is 11.3 Å². The number of anilines is 1. The number of pyridine rings is 1. The molecule has 2 saturated heterocycles. The lowest BCUT2D eigenvalue weighted by atomic mass is 9.84. The predicted octanol–water partition coefficient (Wildman–Crippen LogP) is 5.32. The van der Waals surface area contributed by atoms with E-state index in [2.05, 4.69) is 87.4 Å². The number of thiazole rings is 1. The molecule has 2 N–H and O–H groups in total. The molecule has 13 nitrogen and oxygen atoms in total. The van der Waals surface area contributed by atoms with Crippen LogP contribution in [0.25, 0.3) is 33.4 Å². The SMILES string of the molecule is CCn1c(-c2cc(N3CCN(C)CC3)cnc2[C@H](C)OC)c2c3cc(ccc31)-c1csc(n1)C[C@H](NC(=O)C1([Si])C[C@@H]1C)C(=O)N1CCC[C@H](N1)C(=O)OCC(C)(C)C2. The van der Waals surface area contributed by atoms with E-state index in [1.165, 1.54) is 16.3 Å². The van der Waals surface area contributed by atoms with E-state index in [1.807, 2.05) is 25.4 Å². The van der Waals surface area contributed by atoms with Crippen LogP contribution in [0.1, 0.15) is 76.3 Å². The topological polar surface area (TPSA) is 134 Å². The van der Waals surface area contributed by atoms with Crippen LogP contribution in [-0.2, 0) is 43.2 Å². The van der Waals surface area contributed by atoms with Crippen molar-refractivity contribution in [2.24, 2.45) is 11.3 Å². The monoisotopic (exact) mass is 837 g/mol. The lowest BCUT2D eigenvalue weighted by molar-refractivity contribution is -0.155. The lowest BCUT2D eigenvalue weighted by Gasteiger charge is -2.35. The number of carbonyl (C=O) groups excluding carboxylic acids is 3. The van der Waals surface area contributed by atoms with Crippen LogP contribution in [0.5, 0.6) is 0 Å². The number of likely N-dealkylation sites (N-methyl/N-ethyl adjacent to an activating group) is 1. The Morgan fingerprint density at radius 3 is 2.64 bits per heavy atom. The Balaban J connectivity index is 1.26. The summed E-state index contributed by atoms with van der Waals surface area (Å²) >= 11 is 1.48. The minimum atomic E-state index is -0.878. The van der Waals surface area contributed by atoms with Gasteiger partial charge >= 0.3 is 5.97 Å². The summed E-state index contributed by atoms with van der Waals surface area (Å²) in [5.41, 5.74) is 10.8. The van der Waals surface area contributed by atoms with E-state index in [-0.39, 0.29) is 36.9 Å². The fourth-order valence-corrected chi connectivity index (χ4v) is 10.1. The molecule has 3 fully saturated rings. The summed E-state index contributed by atoms with van der Waals surface area (Å²) in [6.45, 7) is 15.6. The van der Waals surface area contributed by atoms with Crippen molar-refractivity contribution in [3.05, 3.63) is 52.1 Å². The molecular formula is C44H57N8O5SSi. The number of fused-ring (bicyclic) bond motifs is 6.